The minimum Gasteiger partial charge on any atom is -0.503 e. The second kappa shape index (κ2) is 8.53. The fraction of sp³-hybridized carbons (Fsp3) is 0.130. The number of carbonyl (C=O) groups excluding carboxylic acids is 2. The standard InChI is InChI=1S/C23H19N3O4S/c1-14-24-25-23(31-14)26-20(16-9-6-10-17(13-16)30-2)19(21(28)22(26)29)18(27)12-11-15-7-4-3-5-8-15/h3-13,20,28H,1-2H3/b12-11+. The third-order valence-electron chi connectivity index (χ3n) is 4.83. The molecule has 0 saturated carbocycles. The van der Waals surface area contributed by atoms with E-state index in [0.717, 1.165) is 5.56 Å². The molecule has 0 radical (unpaired) electrons. The molecule has 31 heavy (non-hydrogen) atoms. The SMILES string of the molecule is COc1cccc(C2C(C(=O)/C=C/c3ccccc3)=C(O)C(=O)N2c2nnc(C)s2)c1. The zero-order valence-corrected chi connectivity index (χ0v) is 17.7. The van der Waals surface area contributed by atoms with Gasteiger partial charge in [0.1, 0.15) is 10.8 Å². The lowest BCUT2D eigenvalue weighted by Gasteiger charge is -2.24. The van der Waals surface area contributed by atoms with Crippen molar-refractivity contribution in [3.63, 3.8) is 0 Å². The highest BCUT2D eigenvalue weighted by atomic mass is 32.1. The maximum absolute atomic E-state index is 13.1. The van der Waals surface area contributed by atoms with Crippen LogP contribution in [-0.4, -0.2) is 34.1 Å². The van der Waals surface area contributed by atoms with E-state index in [0.29, 0.717) is 21.5 Å². The lowest BCUT2D eigenvalue weighted by atomic mass is 9.95. The highest BCUT2D eigenvalue weighted by Crippen LogP contribution is 2.42. The van der Waals surface area contributed by atoms with E-state index in [1.807, 2.05) is 30.3 Å². The summed E-state index contributed by atoms with van der Waals surface area (Å²) in [5, 5.41) is 19.7. The first kappa shape index (κ1) is 20.5. The monoisotopic (exact) mass is 433 g/mol. The first-order valence-electron chi connectivity index (χ1n) is 9.48. The minimum absolute atomic E-state index is 0.0155. The Morgan fingerprint density at radius 2 is 1.94 bits per heavy atom. The number of carbonyl (C=O) groups is 2. The fourth-order valence-corrected chi connectivity index (χ4v) is 4.10. The number of aryl methyl sites for hydroxylation is 1. The van der Waals surface area contributed by atoms with Crippen LogP contribution in [0.4, 0.5) is 5.13 Å². The highest BCUT2D eigenvalue weighted by Gasteiger charge is 2.45. The number of allylic oxidation sites excluding steroid dienone is 1. The van der Waals surface area contributed by atoms with Crippen LogP contribution in [0.3, 0.4) is 0 Å². The van der Waals surface area contributed by atoms with Crippen molar-refractivity contribution in [2.45, 2.75) is 13.0 Å². The summed E-state index contributed by atoms with van der Waals surface area (Å²) in [6.07, 6.45) is 3.00. The molecular weight excluding hydrogens is 414 g/mol. The molecule has 1 aliphatic heterocycles. The Labute approximate surface area is 182 Å². The molecule has 1 atom stereocenters. The molecule has 4 rings (SSSR count). The first-order valence-corrected chi connectivity index (χ1v) is 10.3. The van der Waals surface area contributed by atoms with Crippen molar-refractivity contribution in [2.24, 2.45) is 0 Å². The van der Waals surface area contributed by atoms with E-state index in [2.05, 4.69) is 10.2 Å². The molecule has 1 amide bonds. The lowest BCUT2D eigenvalue weighted by Crippen LogP contribution is -2.30. The minimum atomic E-state index is -0.858. The number of hydrogen-bond acceptors (Lipinski definition) is 7. The Kier molecular flexibility index (Phi) is 5.64. The molecule has 0 aliphatic carbocycles. The quantitative estimate of drug-likeness (QED) is 0.590. The number of methoxy groups -OCH3 is 1. The predicted molar refractivity (Wildman–Crippen MR) is 118 cm³/mol. The molecule has 1 aliphatic rings. The van der Waals surface area contributed by atoms with Crippen LogP contribution in [0.25, 0.3) is 6.08 Å². The Morgan fingerprint density at radius 3 is 2.61 bits per heavy atom. The third kappa shape index (κ3) is 3.97. The van der Waals surface area contributed by atoms with Gasteiger partial charge in [-0.15, -0.1) is 10.2 Å². The molecule has 1 unspecified atom stereocenters. The normalized spacial score (nSPS) is 16.4. The summed E-state index contributed by atoms with van der Waals surface area (Å²) in [7, 11) is 1.53. The van der Waals surface area contributed by atoms with E-state index in [1.165, 1.54) is 29.4 Å². The van der Waals surface area contributed by atoms with Gasteiger partial charge in [-0.25, -0.2) is 0 Å². The van der Waals surface area contributed by atoms with E-state index < -0.39 is 23.5 Å². The van der Waals surface area contributed by atoms with Gasteiger partial charge in [0, 0.05) is 0 Å². The molecule has 2 aromatic carbocycles. The number of rotatable bonds is 6. The average Bonchev–Trinajstić information content (AvgIpc) is 3.33. The topological polar surface area (TPSA) is 92.6 Å². The Hall–Kier alpha value is -3.78. The predicted octanol–water partition coefficient (Wildman–Crippen LogP) is 4.04. The van der Waals surface area contributed by atoms with E-state index in [9.17, 15) is 14.7 Å². The van der Waals surface area contributed by atoms with Crippen LogP contribution in [-0.2, 0) is 9.59 Å². The number of aliphatic hydroxyl groups is 1. The largest absolute Gasteiger partial charge is 0.503 e. The number of amides is 1. The van der Waals surface area contributed by atoms with Crippen LogP contribution in [0.1, 0.15) is 22.2 Å². The summed E-state index contributed by atoms with van der Waals surface area (Å²) in [6.45, 7) is 1.77. The fourth-order valence-electron chi connectivity index (χ4n) is 3.39. The molecule has 3 aromatic rings. The number of aliphatic hydroxyl groups excluding tert-OH is 1. The molecule has 1 aromatic heterocycles. The third-order valence-corrected chi connectivity index (χ3v) is 5.67. The molecule has 0 bridgehead atoms. The summed E-state index contributed by atoms with van der Waals surface area (Å²) in [5.41, 5.74) is 1.43. The lowest BCUT2D eigenvalue weighted by molar-refractivity contribution is -0.117. The van der Waals surface area contributed by atoms with Crippen molar-refractivity contribution < 1.29 is 19.4 Å². The number of benzene rings is 2. The zero-order chi connectivity index (χ0) is 22.0. The van der Waals surface area contributed by atoms with Crippen LogP contribution in [0.15, 0.2) is 72.0 Å². The van der Waals surface area contributed by atoms with Crippen molar-refractivity contribution >= 4 is 34.2 Å². The van der Waals surface area contributed by atoms with Crippen LogP contribution in [0.2, 0.25) is 0 Å². The molecule has 156 valence electrons. The Bertz CT molecular complexity index is 1200. The van der Waals surface area contributed by atoms with Gasteiger partial charge < -0.3 is 9.84 Å². The highest BCUT2D eigenvalue weighted by molar-refractivity contribution is 7.15. The van der Waals surface area contributed by atoms with E-state index in [4.69, 9.17) is 4.74 Å². The van der Waals surface area contributed by atoms with Gasteiger partial charge in [-0.05, 0) is 36.3 Å². The van der Waals surface area contributed by atoms with Crippen LogP contribution < -0.4 is 9.64 Å². The summed E-state index contributed by atoms with van der Waals surface area (Å²) >= 11 is 1.21. The second-order valence-electron chi connectivity index (χ2n) is 6.83. The molecule has 7 nitrogen and oxygen atoms in total. The van der Waals surface area contributed by atoms with Gasteiger partial charge in [-0.1, -0.05) is 59.9 Å². The first-order chi connectivity index (χ1) is 15.0. The molecule has 0 spiro atoms. The Morgan fingerprint density at radius 1 is 1.16 bits per heavy atom. The van der Waals surface area contributed by atoms with Crippen molar-refractivity contribution in [2.75, 3.05) is 12.0 Å². The number of aromatic nitrogens is 2. The number of anilines is 1. The van der Waals surface area contributed by atoms with Gasteiger partial charge in [0.25, 0.3) is 5.91 Å². The number of hydrogen-bond donors (Lipinski definition) is 1. The van der Waals surface area contributed by atoms with E-state index in [-0.39, 0.29) is 5.57 Å². The molecule has 0 saturated heterocycles. The summed E-state index contributed by atoms with van der Waals surface area (Å²) < 4.78 is 5.31. The van der Waals surface area contributed by atoms with Gasteiger partial charge in [0.05, 0.1) is 18.7 Å². The summed E-state index contributed by atoms with van der Waals surface area (Å²) in [5.74, 6) is -1.19. The summed E-state index contributed by atoms with van der Waals surface area (Å²) in [6, 6.07) is 15.5. The average molecular weight is 433 g/mol. The molecule has 8 heteroatoms. The van der Waals surface area contributed by atoms with Crippen molar-refractivity contribution in [1.82, 2.24) is 10.2 Å². The molecule has 2 heterocycles. The smallest absolute Gasteiger partial charge is 0.296 e. The Balaban J connectivity index is 1.79. The van der Waals surface area contributed by atoms with Crippen LogP contribution >= 0.6 is 11.3 Å². The maximum Gasteiger partial charge on any atom is 0.296 e. The maximum atomic E-state index is 13.1. The number of ether oxygens (including phenoxy) is 1. The number of nitrogens with zero attached hydrogens (tertiary/aromatic N) is 3. The van der Waals surface area contributed by atoms with Gasteiger partial charge in [0.2, 0.25) is 5.13 Å². The molecule has 1 N–H and O–H groups in total. The number of ketones is 1. The van der Waals surface area contributed by atoms with Crippen molar-refractivity contribution in [3.05, 3.63) is 88.1 Å². The zero-order valence-electron chi connectivity index (χ0n) is 16.9. The van der Waals surface area contributed by atoms with Gasteiger partial charge in [-0.2, -0.15) is 0 Å². The van der Waals surface area contributed by atoms with Crippen LogP contribution in [0, 0.1) is 6.92 Å². The van der Waals surface area contributed by atoms with Crippen molar-refractivity contribution in [3.8, 4) is 5.75 Å². The summed E-state index contributed by atoms with van der Waals surface area (Å²) in [4.78, 5) is 27.4. The van der Waals surface area contributed by atoms with E-state index >= 15 is 0 Å². The van der Waals surface area contributed by atoms with Gasteiger partial charge in [0.15, 0.2) is 11.5 Å². The molecular formula is C23H19N3O4S. The van der Waals surface area contributed by atoms with Crippen molar-refractivity contribution in [1.29, 1.82) is 0 Å². The van der Waals surface area contributed by atoms with Gasteiger partial charge in [-0.3, -0.25) is 14.5 Å². The molecule has 0 fully saturated rings. The van der Waals surface area contributed by atoms with E-state index in [1.54, 1.807) is 37.3 Å². The van der Waals surface area contributed by atoms with Crippen LogP contribution in [0.5, 0.6) is 5.75 Å². The second-order valence-corrected chi connectivity index (χ2v) is 7.99. The van der Waals surface area contributed by atoms with Gasteiger partial charge >= 0.3 is 0 Å².